The fourth-order valence-corrected chi connectivity index (χ4v) is 9.52. The molecule has 0 saturated heterocycles. The van der Waals surface area contributed by atoms with Gasteiger partial charge in [-0.2, -0.15) is 0 Å². The van der Waals surface area contributed by atoms with Gasteiger partial charge in [0, 0.05) is 38.2 Å². The van der Waals surface area contributed by atoms with Crippen LogP contribution in [0.2, 0.25) is 0 Å². The summed E-state index contributed by atoms with van der Waals surface area (Å²) in [5.41, 5.74) is 14.1. The second-order valence-corrected chi connectivity index (χ2v) is 17.2. The van der Waals surface area contributed by atoms with E-state index in [9.17, 15) is 0 Å². The number of benzene rings is 8. The zero-order chi connectivity index (χ0) is 43.9. The van der Waals surface area contributed by atoms with Gasteiger partial charge in [0.15, 0.2) is 28.6 Å². The first-order valence-corrected chi connectivity index (χ1v) is 22.1. The standard InChI is InChI=1S/C32H18N3O3.C25H25N2.Ir/c1-34-22-12-3-2-11-21(22)33-32(34)19-10-8-9-18-20-17-27-28-31(30(20)38-29(18)19)37-26-16-7-5-14-24(26)35(28)23-13-4-6-15-25(23)36-27;1-17(2)20-13-10-14-21(18(3)4)24(20)27-23-16-9-8-15-22(23)26-25(27)19-11-6-5-7-12-19;/h2-9,11-17H,1H3;5-11,13-18H,1-4H3;/q2*-1;. The number of anilines is 3. The van der Waals surface area contributed by atoms with E-state index in [4.69, 9.17) is 23.9 Å². The molecule has 13 rings (SSSR count). The molecule has 1 radical (unpaired) electrons. The molecular formula is C57H43IrN5O3-2. The molecule has 0 saturated carbocycles. The maximum atomic E-state index is 6.67. The second kappa shape index (κ2) is 16.2. The Morgan fingerprint density at radius 3 is 1.83 bits per heavy atom. The SMILES string of the molecule is CC(C)c1cccc(C(C)C)c1-n1c(-c2[c-]cccc2)nc2ccccc21.Cn1c(-c2[c-]ccc3c2oc2c4c5c(cc23)Oc2ccccc2N5c2ccccc2O4)nc2ccccc21.[Ir]. The van der Waals surface area contributed by atoms with Crippen molar-refractivity contribution in [2.75, 3.05) is 4.90 Å². The van der Waals surface area contributed by atoms with Crippen LogP contribution >= 0.6 is 0 Å². The molecule has 0 fully saturated rings. The monoisotopic (exact) mass is 1040 g/mol. The van der Waals surface area contributed by atoms with Crippen molar-refractivity contribution < 1.29 is 34.0 Å². The van der Waals surface area contributed by atoms with Crippen LogP contribution in [0.1, 0.15) is 50.7 Å². The molecular weight excluding hydrogens is 995 g/mol. The Labute approximate surface area is 396 Å². The van der Waals surface area contributed by atoms with Crippen molar-refractivity contribution in [3.63, 3.8) is 0 Å². The molecule has 2 aliphatic rings. The summed E-state index contributed by atoms with van der Waals surface area (Å²) in [6.07, 6.45) is 0. The van der Waals surface area contributed by atoms with Crippen LogP contribution in [-0.4, -0.2) is 19.1 Å². The third-order valence-electron chi connectivity index (χ3n) is 12.6. The van der Waals surface area contributed by atoms with Gasteiger partial charge in [-0.1, -0.05) is 105 Å². The van der Waals surface area contributed by atoms with Gasteiger partial charge in [-0.05, 0) is 77.6 Å². The van der Waals surface area contributed by atoms with E-state index in [0.29, 0.717) is 28.8 Å². The molecule has 0 unspecified atom stereocenters. The Balaban J connectivity index is 0.000000153. The summed E-state index contributed by atoms with van der Waals surface area (Å²) in [5.74, 6) is 5.51. The maximum absolute atomic E-state index is 6.67. The number of hydrogen-bond donors (Lipinski definition) is 0. The van der Waals surface area contributed by atoms with Crippen LogP contribution in [0, 0.1) is 12.1 Å². The molecule has 66 heavy (non-hydrogen) atoms. The molecule has 5 heterocycles. The molecule has 8 aromatic carbocycles. The summed E-state index contributed by atoms with van der Waals surface area (Å²) in [5, 5.41) is 1.87. The van der Waals surface area contributed by atoms with Crippen LogP contribution in [0.15, 0.2) is 162 Å². The zero-order valence-electron chi connectivity index (χ0n) is 37.0. The molecule has 0 spiro atoms. The third-order valence-corrected chi connectivity index (χ3v) is 12.6. The molecule has 9 heteroatoms. The number of nitrogens with zero attached hydrogens (tertiary/aromatic N) is 5. The minimum atomic E-state index is 0. The predicted octanol–water partition coefficient (Wildman–Crippen LogP) is 15.4. The Hall–Kier alpha value is -7.45. The molecule has 0 atom stereocenters. The molecule has 0 amide bonds. The van der Waals surface area contributed by atoms with Gasteiger partial charge in [-0.3, -0.25) is 14.9 Å². The summed E-state index contributed by atoms with van der Waals surface area (Å²) in [6, 6.07) is 60.1. The van der Waals surface area contributed by atoms with Crippen molar-refractivity contribution >= 4 is 61.1 Å². The number of fused-ring (bicyclic) bond motifs is 10. The number of aryl methyl sites for hydroxylation is 1. The molecule has 8 nitrogen and oxygen atoms in total. The predicted molar refractivity (Wildman–Crippen MR) is 261 cm³/mol. The first kappa shape index (κ1) is 41.3. The van der Waals surface area contributed by atoms with E-state index in [-0.39, 0.29) is 20.1 Å². The Morgan fingerprint density at radius 1 is 0.530 bits per heavy atom. The van der Waals surface area contributed by atoms with Crippen molar-refractivity contribution in [2.24, 2.45) is 7.05 Å². The van der Waals surface area contributed by atoms with Crippen molar-refractivity contribution in [3.8, 4) is 51.5 Å². The number of furan rings is 1. The van der Waals surface area contributed by atoms with Crippen LogP contribution in [0.4, 0.5) is 17.1 Å². The molecule has 11 aromatic rings. The molecule has 0 bridgehead atoms. The number of ether oxygens (including phenoxy) is 2. The summed E-state index contributed by atoms with van der Waals surface area (Å²) >= 11 is 0. The smallest absolute Gasteiger partial charge is 0.197 e. The molecule has 3 aromatic heterocycles. The van der Waals surface area contributed by atoms with Crippen LogP contribution in [0.5, 0.6) is 23.0 Å². The maximum Gasteiger partial charge on any atom is 0.197 e. The quantitative estimate of drug-likeness (QED) is 0.160. The van der Waals surface area contributed by atoms with Crippen LogP contribution in [0.25, 0.3) is 72.5 Å². The van der Waals surface area contributed by atoms with Crippen LogP contribution in [-0.2, 0) is 27.2 Å². The molecule has 325 valence electrons. The Kier molecular flexibility index (Phi) is 10.1. The van der Waals surface area contributed by atoms with Gasteiger partial charge in [0.2, 0.25) is 0 Å². The number of aromatic nitrogens is 4. The van der Waals surface area contributed by atoms with Gasteiger partial charge in [-0.15, -0.1) is 54.1 Å². The Morgan fingerprint density at radius 2 is 1.15 bits per heavy atom. The largest absolute Gasteiger partial charge is 0.497 e. The van der Waals surface area contributed by atoms with Gasteiger partial charge in [0.05, 0.1) is 50.7 Å². The van der Waals surface area contributed by atoms with Crippen molar-refractivity contribution in [2.45, 2.75) is 39.5 Å². The second-order valence-electron chi connectivity index (χ2n) is 17.2. The summed E-state index contributed by atoms with van der Waals surface area (Å²) in [4.78, 5) is 12.1. The van der Waals surface area contributed by atoms with E-state index in [0.717, 1.165) is 89.9 Å². The van der Waals surface area contributed by atoms with E-state index >= 15 is 0 Å². The number of imidazole rings is 2. The van der Waals surface area contributed by atoms with Gasteiger partial charge in [0.25, 0.3) is 0 Å². The van der Waals surface area contributed by atoms with Gasteiger partial charge >= 0.3 is 0 Å². The number of hydrogen-bond acceptors (Lipinski definition) is 6. The fraction of sp³-hybridized carbons (Fsp3) is 0.123. The first-order valence-electron chi connectivity index (χ1n) is 22.1. The topological polar surface area (TPSA) is 70.5 Å². The van der Waals surface area contributed by atoms with E-state index in [2.05, 4.69) is 127 Å². The summed E-state index contributed by atoms with van der Waals surface area (Å²) in [7, 11) is 2.02. The molecule has 0 aliphatic carbocycles. The third kappa shape index (κ3) is 6.44. The number of para-hydroxylation sites is 9. The molecule has 0 N–H and O–H groups in total. The normalized spacial score (nSPS) is 12.4. The van der Waals surface area contributed by atoms with Crippen LogP contribution < -0.4 is 14.4 Å². The minimum absolute atomic E-state index is 0. The Bertz CT molecular complexity index is 3620. The van der Waals surface area contributed by atoms with E-state index in [1.807, 2.05) is 92.0 Å². The van der Waals surface area contributed by atoms with E-state index in [1.165, 1.54) is 16.8 Å². The average molecular weight is 1040 g/mol. The van der Waals surface area contributed by atoms with Gasteiger partial charge < -0.3 is 23.0 Å². The molecule has 2 aliphatic heterocycles. The minimum Gasteiger partial charge on any atom is -0.497 e. The van der Waals surface area contributed by atoms with Crippen LogP contribution in [0.3, 0.4) is 0 Å². The first-order chi connectivity index (χ1) is 31.8. The summed E-state index contributed by atoms with van der Waals surface area (Å²) < 4.78 is 24.1. The van der Waals surface area contributed by atoms with Gasteiger partial charge in [-0.25, -0.2) is 0 Å². The van der Waals surface area contributed by atoms with Crippen molar-refractivity contribution in [1.29, 1.82) is 0 Å². The number of rotatable bonds is 5. The zero-order valence-corrected chi connectivity index (χ0v) is 39.4. The average Bonchev–Trinajstić information content (AvgIpc) is 4.03. The fourth-order valence-electron chi connectivity index (χ4n) is 9.52. The van der Waals surface area contributed by atoms with Crippen molar-refractivity contribution in [3.05, 3.63) is 181 Å². The van der Waals surface area contributed by atoms with Gasteiger partial charge in [0.1, 0.15) is 5.69 Å². The van der Waals surface area contributed by atoms with Crippen molar-refractivity contribution in [1.82, 2.24) is 19.1 Å². The van der Waals surface area contributed by atoms with E-state index in [1.54, 1.807) is 0 Å². The summed E-state index contributed by atoms with van der Waals surface area (Å²) in [6.45, 7) is 9.04. The van der Waals surface area contributed by atoms with E-state index < -0.39 is 0 Å².